The summed E-state index contributed by atoms with van der Waals surface area (Å²) in [6.45, 7) is 1.98. The highest BCUT2D eigenvalue weighted by molar-refractivity contribution is 5.77. The van der Waals surface area contributed by atoms with E-state index < -0.39 is 0 Å². The van der Waals surface area contributed by atoms with E-state index in [2.05, 4.69) is 20.6 Å². The molecule has 9 nitrogen and oxygen atoms in total. The fourth-order valence-corrected chi connectivity index (χ4v) is 2.98. The van der Waals surface area contributed by atoms with Gasteiger partial charge in [0.05, 0.1) is 6.20 Å². The van der Waals surface area contributed by atoms with Crippen molar-refractivity contribution in [2.45, 2.75) is 25.4 Å². The summed E-state index contributed by atoms with van der Waals surface area (Å²) < 4.78 is 0. The van der Waals surface area contributed by atoms with Gasteiger partial charge in [-0.2, -0.15) is 10.2 Å². The zero-order chi connectivity index (χ0) is 19.9. The van der Waals surface area contributed by atoms with Crippen molar-refractivity contribution in [3.8, 4) is 11.8 Å². The molecule has 5 N–H and O–H groups in total. The van der Waals surface area contributed by atoms with Crippen molar-refractivity contribution in [1.29, 1.82) is 5.26 Å². The van der Waals surface area contributed by atoms with Crippen LogP contribution in [0.5, 0.6) is 5.75 Å². The van der Waals surface area contributed by atoms with Gasteiger partial charge in [0.2, 0.25) is 11.9 Å². The number of nitrogens with two attached hydrogens (primary N) is 1. The number of aromatic nitrogens is 2. The maximum atomic E-state index is 12.2. The summed E-state index contributed by atoms with van der Waals surface area (Å²) in [7, 11) is 0. The molecule has 1 saturated heterocycles. The lowest BCUT2D eigenvalue weighted by atomic mass is 10.2. The monoisotopic (exact) mass is 381 g/mol. The third-order valence-corrected chi connectivity index (χ3v) is 4.55. The maximum Gasteiger partial charge on any atom is 0.224 e. The Balaban J connectivity index is 1.57. The van der Waals surface area contributed by atoms with E-state index in [-0.39, 0.29) is 17.7 Å². The molecular weight excluding hydrogens is 358 g/mol. The first kappa shape index (κ1) is 19.4. The number of aromatic hydroxyl groups is 1. The van der Waals surface area contributed by atoms with Gasteiger partial charge in [-0.15, -0.1) is 0 Å². The molecule has 0 bridgehead atoms. The number of phenolic OH excluding ortho intramolecular Hbond substituents is 1. The number of nitriles is 1. The summed E-state index contributed by atoms with van der Waals surface area (Å²) >= 11 is 0. The quantitative estimate of drug-likeness (QED) is 0.557. The lowest BCUT2D eigenvalue weighted by Crippen LogP contribution is -2.32. The molecule has 9 heteroatoms. The first-order valence-corrected chi connectivity index (χ1v) is 9.12. The summed E-state index contributed by atoms with van der Waals surface area (Å²) in [5.41, 5.74) is 6.83. The number of likely N-dealkylation sites (tertiary alicyclic amines) is 1. The molecule has 2 heterocycles. The molecule has 0 unspecified atom stereocenters. The standard InChI is InChI=1S/C19H23N7O2/c20-9-14-11-24-19(23-10-13-3-1-2-4-16(13)27)25-18(14)22-7-5-17(28)26-8-6-15(21)12-26/h1-4,11,15,27H,5-8,10,12,21H2,(H2,22,23,24,25)/t15-/m1/s1. The van der Waals surface area contributed by atoms with Gasteiger partial charge in [0.25, 0.3) is 0 Å². The van der Waals surface area contributed by atoms with Crippen LogP contribution in [0.4, 0.5) is 11.8 Å². The predicted molar refractivity (Wildman–Crippen MR) is 104 cm³/mol. The Morgan fingerprint density at radius 2 is 2.21 bits per heavy atom. The number of nitrogens with zero attached hydrogens (tertiary/aromatic N) is 4. The van der Waals surface area contributed by atoms with E-state index in [1.165, 1.54) is 6.20 Å². The number of anilines is 2. The van der Waals surface area contributed by atoms with E-state index in [1.54, 1.807) is 23.1 Å². The first-order chi connectivity index (χ1) is 13.6. The van der Waals surface area contributed by atoms with Crippen LogP contribution in [-0.4, -0.2) is 51.6 Å². The van der Waals surface area contributed by atoms with E-state index in [0.29, 0.717) is 55.5 Å². The Hall–Kier alpha value is -3.38. The lowest BCUT2D eigenvalue weighted by molar-refractivity contribution is -0.129. The molecule has 0 spiro atoms. The Labute approximate surface area is 163 Å². The second-order valence-electron chi connectivity index (χ2n) is 6.62. The molecule has 2 aromatic rings. The molecule has 1 atom stereocenters. The van der Waals surface area contributed by atoms with Gasteiger partial charge in [-0.25, -0.2) is 4.98 Å². The number of rotatable bonds is 7. The lowest BCUT2D eigenvalue weighted by Gasteiger charge is -2.16. The molecule has 1 aromatic heterocycles. The summed E-state index contributed by atoms with van der Waals surface area (Å²) in [4.78, 5) is 22.4. The summed E-state index contributed by atoms with van der Waals surface area (Å²) in [5, 5.41) is 25.1. The predicted octanol–water partition coefficient (Wildman–Crippen LogP) is 1.03. The van der Waals surface area contributed by atoms with Crippen LogP contribution in [0.15, 0.2) is 30.5 Å². The van der Waals surface area contributed by atoms with Crippen LogP contribution in [0.3, 0.4) is 0 Å². The highest BCUT2D eigenvalue weighted by atomic mass is 16.3. The average molecular weight is 381 g/mol. The first-order valence-electron chi connectivity index (χ1n) is 9.12. The zero-order valence-corrected chi connectivity index (χ0v) is 15.4. The van der Waals surface area contributed by atoms with Crippen molar-refractivity contribution in [3.05, 3.63) is 41.6 Å². The van der Waals surface area contributed by atoms with Crippen LogP contribution in [0.1, 0.15) is 24.0 Å². The van der Waals surface area contributed by atoms with Crippen LogP contribution >= 0.6 is 0 Å². The molecule has 0 radical (unpaired) electrons. The maximum absolute atomic E-state index is 12.2. The average Bonchev–Trinajstić information content (AvgIpc) is 3.14. The van der Waals surface area contributed by atoms with E-state index in [0.717, 1.165) is 6.42 Å². The van der Waals surface area contributed by atoms with E-state index in [4.69, 9.17) is 5.73 Å². The minimum atomic E-state index is 0.0333. The van der Waals surface area contributed by atoms with Crippen LogP contribution in [0.25, 0.3) is 0 Å². The number of benzene rings is 1. The Kier molecular flexibility index (Phi) is 6.24. The molecule has 3 rings (SSSR count). The summed E-state index contributed by atoms with van der Waals surface area (Å²) in [5.74, 6) is 0.901. The number of amides is 1. The van der Waals surface area contributed by atoms with Gasteiger partial charge in [-0.3, -0.25) is 4.79 Å². The molecule has 0 aliphatic carbocycles. The van der Waals surface area contributed by atoms with Gasteiger partial charge in [-0.05, 0) is 12.5 Å². The van der Waals surface area contributed by atoms with Crippen molar-refractivity contribution >= 4 is 17.7 Å². The summed E-state index contributed by atoms with van der Waals surface area (Å²) in [6, 6.07) is 9.07. The van der Waals surface area contributed by atoms with Crippen LogP contribution in [-0.2, 0) is 11.3 Å². The molecular formula is C19H23N7O2. The molecule has 146 valence electrons. The van der Waals surface area contributed by atoms with Gasteiger partial charge in [0.15, 0.2) is 0 Å². The Bertz CT molecular complexity index is 881. The van der Waals surface area contributed by atoms with E-state index in [1.807, 2.05) is 12.1 Å². The molecule has 1 amide bonds. The molecule has 28 heavy (non-hydrogen) atoms. The normalized spacial score (nSPS) is 15.9. The van der Waals surface area contributed by atoms with Crippen molar-refractivity contribution in [3.63, 3.8) is 0 Å². The Morgan fingerprint density at radius 3 is 2.93 bits per heavy atom. The molecule has 1 aromatic carbocycles. The Morgan fingerprint density at radius 1 is 1.39 bits per heavy atom. The zero-order valence-electron chi connectivity index (χ0n) is 15.4. The highest BCUT2D eigenvalue weighted by Crippen LogP contribution is 2.18. The number of carbonyl (C=O) groups excluding carboxylic acids is 1. The number of hydrogen-bond acceptors (Lipinski definition) is 8. The third-order valence-electron chi connectivity index (χ3n) is 4.55. The van der Waals surface area contributed by atoms with E-state index in [9.17, 15) is 15.2 Å². The van der Waals surface area contributed by atoms with Gasteiger partial charge in [0.1, 0.15) is 23.2 Å². The van der Waals surface area contributed by atoms with Crippen LogP contribution in [0, 0.1) is 11.3 Å². The number of nitrogens with one attached hydrogen (secondary N) is 2. The fraction of sp³-hybridized carbons (Fsp3) is 0.368. The van der Waals surface area contributed by atoms with Crippen LogP contribution < -0.4 is 16.4 Å². The minimum absolute atomic E-state index is 0.0333. The van der Waals surface area contributed by atoms with Crippen molar-refractivity contribution in [2.24, 2.45) is 5.73 Å². The van der Waals surface area contributed by atoms with Crippen LogP contribution in [0.2, 0.25) is 0 Å². The molecule has 1 aliphatic rings. The summed E-state index contributed by atoms with van der Waals surface area (Å²) in [6.07, 6.45) is 2.54. The van der Waals surface area contributed by atoms with Crippen molar-refractivity contribution in [1.82, 2.24) is 14.9 Å². The molecule has 1 aliphatic heterocycles. The van der Waals surface area contributed by atoms with Crippen molar-refractivity contribution in [2.75, 3.05) is 30.3 Å². The van der Waals surface area contributed by atoms with Gasteiger partial charge >= 0.3 is 0 Å². The number of hydrogen-bond donors (Lipinski definition) is 4. The SMILES string of the molecule is N#Cc1cnc(NCc2ccccc2O)nc1NCCC(=O)N1CC[C@@H](N)C1. The topological polar surface area (TPSA) is 140 Å². The minimum Gasteiger partial charge on any atom is -0.508 e. The van der Waals surface area contributed by atoms with Gasteiger partial charge in [0, 0.05) is 44.2 Å². The largest absolute Gasteiger partial charge is 0.508 e. The molecule has 1 fully saturated rings. The smallest absolute Gasteiger partial charge is 0.224 e. The number of para-hydroxylation sites is 1. The highest BCUT2D eigenvalue weighted by Gasteiger charge is 2.23. The third kappa shape index (κ3) is 4.86. The second-order valence-corrected chi connectivity index (χ2v) is 6.62. The van der Waals surface area contributed by atoms with Crippen molar-refractivity contribution < 1.29 is 9.90 Å². The fourth-order valence-electron chi connectivity index (χ4n) is 2.98. The second kappa shape index (κ2) is 9.01. The van der Waals surface area contributed by atoms with Gasteiger partial charge in [-0.1, -0.05) is 18.2 Å². The number of phenols is 1. The van der Waals surface area contributed by atoms with Gasteiger partial charge < -0.3 is 26.4 Å². The number of carbonyl (C=O) groups is 1. The van der Waals surface area contributed by atoms with E-state index >= 15 is 0 Å². The molecule has 0 saturated carbocycles.